The van der Waals surface area contributed by atoms with Crippen LogP contribution in [0.1, 0.15) is 50.3 Å². The van der Waals surface area contributed by atoms with E-state index >= 15 is 0 Å². The van der Waals surface area contributed by atoms with Gasteiger partial charge >= 0.3 is 0 Å². The molecule has 8 heteroatoms. The molecule has 8 nitrogen and oxygen atoms in total. The van der Waals surface area contributed by atoms with E-state index in [-0.39, 0.29) is 11.3 Å². The van der Waals surface area contributed by atoms with Crippen molar-refractivity contribution in [2.75, 3.05) is 19.8 Å². The lowest BCUT2D eigenvalue weighted by atomic mass is 9.95. The first-order valence-corrected chi connectivity index (χ1v) is 12.7. The van der Waals surface area contributed by atoms with Crippen molar-refractivity contribution >= 4 is 17.4 Å². The highest BCUT2D eigenvalue weighted by Crippen LogP contribution is 2.40. The van der Waals surface area contributed by atoms with Crippen LogP contribution in [0, 0.1) is 0 Å². The lowest BCUT2D eigenvalue weighted by molar-refractivity contribution is -0.139. The molecule has 0 bridgehead atoms. The molecule has 0 saturated carbocycles. The number of ketones is 1. The van der Waals surface area contributed by atoms with Crippen LogP contribution in [0.15, 0.2) is 72.8 Å². The van der Waals surface area contributed by atoms with Gasteiger partial charge < -0.3 is 24.0 Å². The quantitative estimate of drug-likeness (QED) is 0.162. The van der Waals surface area contributed by atoms with Gasteiger partial charge in [0, 0.05) is 31.0 Å². The van der Waals surface area contributed by atoms with Crippen LogP contribution in [0.4, 0.5) is 0 Å². The molecule has 194 valence electrons. The van der Waals surface area contributed by atoms with Gasteiger partial charge in [0.2, 0.25) is 0 Å². The van der Waals surface area contributed by atoms with Crippen molar-refractivity contribution in [1.82, 2.24) is 14.5 Å². The van der Waals surface area contributed by atoms with E-state index in [4.69, 9.17) is 9.47 Å². The maximum absolute atomic E-state index is 13.3. The van der Waals surface area contributed by atoms with Gasteiger partial charge in [0.1, 0.15) is 17.3 Å². The van der Waals surface area contributed by atoms with Gasteiger partial charge in [-0.05, 0) is 61.7 Å². The number of amides is 1. The zero-order valence-electron chi connectivity index (χ0n) is 21.3. The number of carbonyl (C=O) groups excluding carboxylic acids is 2. The maximum atomic E-state index is 13.3. The molecule has 1 saturated heterocycles. The molecular formula is C29H33N3O5. The molecule has 4 rings (SSSR count). The van der Waals surface area contributed by atoms with Crippen LogP contribution in [0.2, 0.25) is 0 Å². The van der Waals surface area contributed by atoms with Crippen LogP contribution in [-0.4, -0.2) is 51.0 Å². The molecule has 1 atom stereocenters. The van der Waals surface area contributed by atoms with Crippen molar-refractivity contribution in [2.24, 2.45) is 0 Å². The zero-order chi connectivity index (χ0) is 26.2. The molecule has 1 unspecified atom stereocenters. The Morgan fingerprint density at radius 3 is 2.51 bits per heavy atom. The van der Waals surface area contributed by atoms with E-state index in [9.17, 15) is 14.7 Å². The van der Waals surface area contributed by atoms with Crippen molar-refractivity contribution in [3.8, 4) is 11.5 Å². The predicted molar refractivity (Wildman–Crippen MR) is 140 cm³/mol. The summed E-state index contributed by atoms with van der Waals surface area (Å²) in [6, 6.07) is 13.5. The number of hydrogen-bond acceptors (Lipinski definition) is 6. The number of imidazole rings is 1. The minimum absolute atomic E-state index is 0.0718. The van der Waals surface area contributed by atoms with E-state index in [1.165, 1.54) is 0 Å². The predicted octanol–water partition coefficient (Wildman–Crippen LogP) is 4.97. The van der Waals surface area contributed by atoms with Crippen molar-refractivity contribution in [3.05, 3.63) is 84.0 Å². The number of Topliss-reactive ketones (excluding diaryl/α,β-unsaturated/α-hetero) is 1. The van der Waals surface area contributed by atoms with Crippen LogP contribution in [0.25, 0.3) is 5.76 Å². The fourth-order valence-corrected chi connectivity index (χ4v) is 4.44. The molecule has 0 radical (unpaired) electrons. The minimum Gasteiger partial charge on any atom is -0.507 e. The van der Waals surface area contributed by atoms with Gasteiger partial charge in [0.15, 0.2) is 0 Å². The lowest BCUT2D eigenvalue weighted by Crippen LogP contribution is -2.31. The van der Waals surface area contributed by atoms with Crippen LogP contribution in [0.3, 0.4) is 0 Å². The summed E-state index contributed by atoms with van der Waals surface area (Å²) in [5, 5.41) is 11.3. The molecule has 1 aliphatic heterocycles. The molecule has 2 heterocycles. The first-order chi connectivity index (χ1) is 18.0. The molecule has 1 aromatic heterocycles. The molecule has 37 heavy (non-hydrogen) atoms. The second-order valence-corrected chi connectivity index (χ2v) is 8.88. The van der Waals surface area contributed by atoms with Gasteiger partial charge in [-0.3, -0.25) is 9.59 Å². The average Bonchev–Trinajstić information content (AvgIpc) is 3.52. The Kier molecular flexibility index (Phi) is 8.61. The van der Waals surface area contributed by atoms with E-state index in [1.807, 2.05) is 42.0 Å². The number of likely N-dealkylation sites (tertiary alicyclic amines) is 1. The standard InChI is InChI=1S/C29H33N3O5/c1-3-5-18-37-24-9-6-8-22(19-24)26-25(27(33)21-10-12-23(13-11-21)36-4-2)28(34)29(35)32(26)16-7-15-31-17-14-30-20-31/h6,8-14,17,19-20,26,33H,3-5,7,15-16,18H2,1-2H3/b27-25+. The highest BCUT2D eigenvalue weighted by atomic mass is 16.5. The first kappa shape index (κ1) is 26.0. The lowest BCUT2D eigenvalue weighted by Gasteiger charge is -2.26. The maximum Gasteiger partial charge on any atom is 0.295 e. The molecular weight excluding hydrogens is 470 g/mol. The number of hydrogen-bond donors (Lipinski definition) is 1. The third kappa shape index (κ3) is 6.02. The number of ether oxygens (including phenoxy) is 2. The Morgan fingerprint density at radius 2 is 1.81 bits per heavy atom. The molecule has 0 spiro atoms. The van der Waals surface area contributed by atoms with Gasteiger partial charge in [-0.1, -0.05) is 25.5 Å². The Hall–Kier alpha value is -4.07. The molecule has 1 N–H and O–H groups in total. The molecule has 1 aliphatic rings. The number of unbranched alkanes of at least 4 members (excludes halogenated alkanes) is 1. The molecule has 2 aromatic carbocycles. The van der Waals surface area contributed by atoms with E-state index in [0.717, 1.165) is 12.8 Å². The van der Waals surface area contributed by atoms with Gasteiger partial charge in [0.05, 0.1) is 31.2 Å². The Labute approximate surface area is 217 Å². The van der Waals surface area contributed by atoms with Gasteiger partial charge in [-0.15, -0.1) is 0 Å². The first-order valence-electron chi connectivity index (χ1n) is 12.7. The summed E-state index contributed by atoms with van der Waals surface area (Å²) in [7, 11) is 0. The average molecular weight is 504 g/mol. The van der Waals surface area contributed by atoms with E-state index in [0.29, 0.717) is 55.4 Å². The Morgan fingerprint density at radius 1 is 1.00 bits per heavy atom. The zero-order valence-corrected chi connectivity index (χ0v) is 21.3. The summed E-state index contributed by atoms with van der Waals surface area (Å²) in [6.45, 7) is 6.08. The highest BCUT2D eigenvalue weighted by Gasteiger charge is 2.45. The number of aliphatic hydroxyl groups excluding tert-OH is 1. The smallest absolute Gasteiger partial charge is 0.295 e. The Bertz CT molecular complexity index is 1230. The number of aromatic nitrogens is 2. The number of aliphatic hydroxyl groups is 1. The van der Waals surface area contributed by atoms with Crippen molar-refractivity contribution in [1.29, 1.82) is 0 Å². The second-order valence-electron chi connectivity index (χ2n) is 8.88. The largest absolute Gasteiger partial charge is 0.507 e. The Balaban J connectivity index is 1.70. The third-order valence-corrected chi connectivity index (χ3v) is 6.29. The summed E-state index contributed by atoms with van der Waals surface area (Å²) in [5.74, 6) is -0.207. The molecule has 1 amide bonds. The summed E-state index contributed by atoms with van der Waals surface area (Å²) in [6.07, 6.45) is 7.83. The summed E-state index contributed by atoms with van der Waals surface area (Å²) in [4.78, 5) is 32.1. The third-order valence-electron chi connectivity index (χ3n) is 6.29. The monoisotopic (exact) mass is 503 g/mol. The normalized spacial score (nSPS) is 16.8. The fourth-order valence-electron chi connectivity index (χ4n) is 4.44. The van der Waals surface area contributed by atoms with Crippen LogP contribution in [-0.2, 0) is 16.1 Å². The number of nitrogens with zero attached hydrogens (tertiary/aromatic N) is 3. The van der Waals surface area contributed by atoms with Crippen LogP contribution in [0.5, 0.6) is 11.5 Å². The molecule has 3 aromatic rings. The SMILES string of the molecule is CCCCOc1cccc(C2/C(=C(\O)c3ccc(OCC)cc3)C(=O)C(=O)N2CCCn2ccnc2)c1. The van der Waals surface area contributed by atoms with E-state index in [1.54, 1.807) is 41.7 Å². The van der Waals surface area contributed by atoms with Crippen LogP contribution < -0.4 is 9.47 Å². The summed E-state index contributed by atoms with van der Waals surface area (Å²) in [5.41, 5.74) is 1.23. The van der Waals surface area contributed by atoms with Crippen molar-refractivity contribution < 1.29 is 24.2 Å². The second kappa shape index (κ2) is 12.3. The van der Waals surface area contributed by atoms with E-state index < -0.39 is 17.7 Å². The number of aryl methyl sites for hydroxylation is 1. The number of rotatable bonds is 12. The van der Waals surface area contributed by atoms with Gasteiger partial charge in [-0.2, -0.15) is 0 Å². The topological polar surface area (TPSA) is 93.9 Å². The number of carbonyl (C=O) groups is 2. The fraction of sp³-hybridized carbons (Fsp3) is 0.345. The van der Waals surface area contributed by atoms with Crippen molar-refractivity contribution in [3.63, 3.8) is 0 Å². The number of benzene rings is 2. The minimum atomic E-state index is -0.732. The van der Waals surface area contributed by atoms with Crippen LogP contribution >= 0.6 is 0 Å². The van der Waals surface area contributed by atoms with Gasteiger partial charge in [0.25, 0.3) is 11.7 Å². The van der Waals surface area contributed by atoms with Gasteiger partial charge in [-0.25, -0.2) is 4.98 Å². The highest BCUT2D eigenvalue weighted by molar-refractivity contribution is 6.46. The summed E-state index contributed by atoms with van der Waals surface area (Å²) < 4.78 is 13.3. The van der Waals surface area contributed by atoms with E-state index in [2.05, 4.69) is 11.9 Å². The van der Waals surface area contributed by atoms with Crippen molar-refractivity contribution in [2.45, 2.75) is 45.7 Å². The molecule has 1 fully saturated rings. The summed E-state index contributed by atoms with van der Waals surface area (Å²) >= 11 is 0. The molecule has 0 aliphatic carbocycles.